The van der Waals surface area contributed by atoms with Crippen molar-refractivity contribution in [1.29, 1.82) is 0 Å². The molecule has 0 aliphatic carbocycles. The highest BCUT2D eigenvalue weighted by Crippen LogP contribution is 2.31. The number of nitrogen functional groups attached to an aromatic ring is 1. The number of alkyl halides is 3. The molecule has 0 saturated heterocycles. The van der Waals surface area contributed by atoms with Gasteiger partial charge < -0.3 is 11.5 Å². The molecule has 1 rings (SSSR count). The molecule has 82 valence electrons. The van der Waals surface area contributed by atoms with E-state index in [4.69, 9.17) is 11.5 Å². The van der Waals surface area contributed by atoms with Gasteiger partial charge in [-0.15, -0.1) is 0 Å². The standard InChI is InChI=1S/C9H9F3N2O/c10-9(11,12)5-1-2-6(7(14)3-5)8(15)4-13/h1-3H,4,13-14H2. The van der Waals surface area contributed by atoms with Crippen LogP contribution >= 0.6 is 0 Å². The summed E-state index contributed by atoms with van der Waals surface area (Å²) in [4.78, 5) is 11.1. The molecule has 0 heterocycles. The molecule has 0 fully saturated rings. The maximum atomic E-state index is 12.2. The number of hydrogen-bond acceptors (Lipinski definition) is 3. The number of halogens is 3. The van der Waals surface area contributed by atoms with Gasteiger partial charge >= 0.3 is 6.18 Å². The van der Waals surface area contributed by atoms with Crippen molar-refractivity contribution in [3.63, 3.8) is 0 Å². The van der Waals surface area contributed by atoms with Gasteiger partial charge in [-0.2, -0.15) is 13.2 Å². The van der Waals surface area contributed by atoms with Gasteiger partial charge in [-0.05, 0) is 18.2 Å². The summed E-state index contributed by atoms with van der Waals surface area (Å²) in [5.74, 6) is -0.485. The Hall–Kier alpha value is -1.56. The van der Waals surface area contributed by atoms with Crippen LogP contribution in [0.15, 0.2) is 18.2 Å². The number of hydrogen-bond donors (Lipinski definition) is 2. The zero-order valence-electron chi connectivity index (χ0n) is 7.64. The van der Waals surface area contributed by atoms with E-state index in [-0.39, 0.29) is 17.8 Å². The van der Waals surface area contributed by atoms with Gasteiger partial charge in [-0.25, -0.2) is 0 Å². The molecule has 0 spiro atoms. The van der Waals surface area contributed by atoms with Crippen molar-refractivity contribution in [3.05, 3.63) is 29.3 Å². The second-order valence-electron chi connectivity index (χ2n) is 2.93. The fourth-order valence-corrected chi connectivity index (χ4v) is 1.10. The molecule has 3 nitrogen and oxygen atoms in total. The molecule has 6 heteroatoms. The summed E-state index contributed by atoms with van der Waals surface area (Å²) < 4.78 is 36.7. The first-order valence-electron chi connectivity index (χ1n) is 4.06. The third-order valence-corrected chi connectivity index (χ3v) is 1.86. The molecule has 0 bridgehead atoms. The van der Waals surface area contributed by atoms with Gasteiger partial charge in [0.25, 0.3) is 0 Å². The van der Waals surface area contributed by atoms with Crippen LogP contribution < -0.4 is 11.5 Å². The average Bonchev–Trinajstić information content (AvgIpc) is 2.15. The van der Waals surface area contributed by atoms with Crippen LogP contribution in [-0.4, -0.2) is 12.3 Å². The topological polar surface area (TPSA) is 69.1 Å². The highest BCUT2D eigenvalue weighted by molar-refractivity contribution is 6.02. The molecule has 0 aliphatic heterocycles. The summed E-state index contributed by atoms with van der Waals surface area (Å²) in [7, 11) is 0. The third-order valence-electron chi connectivity index (χ3n) is 1.86. The van der Waals surface area contributed by atoms with Crippen molar-refractivity contribution in [1.82, 2.24) is 0 Å². The van der Waals surface area contributed by atoms with E-state index < -0.39 is 17.5 Å². The van der Waals surface area contributed by atoms with Crippen LogP contribution in [0.5, 0.6) is 0 Å². The highest BCUT2D eigenvalue weighted by Gasteiger charge is 2.31. The van der Waals surface area contributed by atoms with Crippen molar-refractivity contribution in [3.8, 4) is 0 Å². The van der Waals surface area contributed by atoms with Crippen molar-refractivity contribution < 1.29 is 18.0 Å². The fourth-order valence-electron chi connectivity index (χ4n) is 1.10. The SMILES string of the molecule is NCC(=O)c1ccc(C(F)(F)F)cc1N. The average molecular weight is 218 g/mol. The number of ketones is 1. The second kappa shape index (κ2) is 3.90. The maximum Gasteiger partial charge on any atom is 0.416 e. The van der Waals surface area contributed by atoms with Crippen LogP contribution in [0, 0.1) is 0 Å². The van der Waals surface area contributed by atoms with Crippen LogP contribution in [0.1, 0.15) is 15.9 Å². The van der Waals surface area contributed by atoms with E-state index in [0.29, 0.717) is 0 Å². The minimum atomic E-state index is -4.46. The molecule has 15 heavy (non-hydrogen) atoms. The van der Waals surface area contributed by atoms with E-state index in [1.807, 2.05) is 0 Å². The summed E-state index contributed by atoms with van der Waals surface area (Å²) in [6, 6.07) is 2.56. The van der Waals surface area contributed by atoms with E-state index in [2.05, 4.69) is 0 Å². The van der Waals surface area contributed by atoms with Crippen molar-refractivity contribution in [2.75, 3.05) is 12.3 Å². The molecule has 0 aromatic heterocycles. The van der Waals surface area contributed by atoms with Gasteiger partial charge in [0.1, 0.15) is 0 Å². The zero-order valence-corrected chi connectivity index (χ0v) is 7.64. The fraction of sp³-hybridized carbons (Fsp3) is 0.222. The Kier molecular flexibility index (Phi) is 2.99. The highest BCUT2D eigenvalue weighted by atomic mass is 19.4. The Morgan fingerprint density at radius 3 is 2.33 bits per heavy atom. The summed E-state index contributed by atoms with van der Waals surface area (Å²) in [5, 5.41) is 0. The molecule has 0 unspecified atom stereocenters. The van der Waals surface area contributed by atoms with Crippen molar-refractivity contribution >= 4 is 11.5 Å². The Bertz CT molecular complexity index is 387. The summed E-state index contributed by atoms with van der Waals surface area (Å²) in [6.07, 6.45) is -4.46. The largest absolute Gasteiger partial charge is 0.416 e. The van der Waals surface area contributed by atoms with Crippen molar-refractivity contribution in [2.24, 2.45) is 5.73 Å². The minimum absolute atomic E-state index is 0.0190. The number of carbonyl (C=O) groups excluding carboxylic acids is 1. The number of carbonyl (C=O) groups is 1. The number of rotatable bonds is 2. The molecule has 0 aliphatic rings. The van der Waals surface area contributed by atoms with Gasteiger partial charge in [0.2, 0.25) is 0 Å². The zero-order chi connectivity index (χ0) is 11.6. The molecular weight excluding hydrogens is 209 g/mol. The van der Waals surface area contributed by atoms with E-state index in [9.17, 15) is 18.0 Å². The smallest absolute Gasteiger partial charge is 0.398 e. The molecule has 1 aromatic rings. The summed E-state index contributed by atoms with van der Waals surface area (Å²) >= 11 is 0. The second-order valence-corrected chi connectivity index (χ2v) is 2.93. The Labute approximate surface area is 83.9 Å². The summed E-state index contributed by atoms with van der Waals surface area (Å²) in [6.45, 7) is -0.282. The molecular formula is C9H9F3N2O. The normalized spacial score (nSPS) is 11.5. The first-order valence-corrected chi connectivity index (χ1v) is 4.06. The van der Waals surface area contributed by atoms with Crippen molar-refractivity contribution in [2.45, 2.75) is 6.18 Å². The maximum absolute atomic E-state index is 12.2. The lowest BCUT2D eigenvalue weighted by molar-refractivity contribution is -0.137. The number of anilines is 1. The molecule has 1 aromatic carbocycles. The number of nitrogens with two attached hydrogens (primary N) is 2. The Morgan fingerprint density at radius 1 is 1.33 bits per heavy atom. The van der Waals surface area contributed by atoms with Gasteiger partial charge in [0.15, 0.2) is 5.78 Å². The predicted molar refractivity (Wildman–Crippen MR) is 49.2 cm³/mol. The van der Waals surface area contributed by atoms with Gasteiger partial charge in [0, 0.05) is 11.3 Å². The van der Waals surface area contributed by atoms with Crippen LogP contribution in [0.3, 0.4) is 0 Å². The summed E-state index contributed by atoms with van der Waals surface area (Å²) in [5.41, 5.74) is 9.32. The van der Waals surface area contributed by atoms with Crippen LogP contribution in [0.4, 0.5) is 18.9 Å². The van der Waals surface area contributed by atoms with Gasteiger partial charge in [-0.3, -0.25) is 4.79 Å². The first-order chi connectivity index (χ1) is 6.86. The lowest BCUT2D eigenvalue weighted by atomic mass is 10.1. The predicted octanol–water partition coefficient (Wildman–Crippen LogP) is 1.43. The minimum Gasteiger partial charge on any atom is -0.398 e. The van der Waals surface area contributed by atoms with Crippen LogP contribution in [0.2, 0.25) is 0 Å². The van der Waals surface area contributed by atoms with E-state index in [1.165, 1.54) is 0 Å². The molecule has 0 radical (unpaired) electrons. The monoisotopic (exact) mass is 218 g/mol. The van der Waals surface area contributed by atoms with Gasteiger partial charge in [-0.1, -0.05) is 0 Å². The molecule has 0 saturated carbocycles. The lowest BCUT2D eigenvalue weighted by Crippen LogP contribution is -2.16. The first kappa shape index (κ1) is 11.5. The quantitative estimate of drug-likeness (QED) is 0.582. The van der Waals surface area contributed by atoms with E-state index in [1.54, 1.807) is 0 Å². The van der Waals surface area contributed by atoms with E-state index >= 15 is 0 Å². The Balaban J connectivity index is 3.15. The number of benzene rings is 1. The van der Waals surface area contributed by atoms with Crippen LogP contribution in [-0.2, 0) is 6.18 Å². The Morgan fingerprint density at radius 2 is 1.93 bits per heavy atom. The molecule has 0 atom stereocenters. The van der Waals surface area contributed by atoms with Crippen LogP contribution in [0.25, 0.3) is 0 Å². The molecule has 0 amide bonds. The lowest BCUT2D eigenvalue weighted by Gasteiger charge is -2.09. The third kappa shape index (κ3) is 2.47. The van der Waals surface area contributed by atoms with Gasteiger partial charge in [0.05, 0.1) is 12.1 Å². The molecule has 4 N–H and O–H groups in total. The van der Waals surface area contributed by atoms with E-state index in [0.717, 1.165) is 18.2 Å². The number of Topliss-reactive ketones (excluding diaryl/α,β-unsaturated/α-hetero) is 1.